The summed E-state index contributed by atoms with van der Waals surface area (Å²) in [4.78, 5) is 0.127. The normalized spacial score (nSPS) is 12.2. The van der Waals surface area contributed by atoms with Gasteiger partial charge in [0.2, 0.25) is 0 Å². The van der Waals surface area contributed by atoms with Crippen LogP contribution < -0.4 is 0 Å². The van der Waals surface area contributed by atoms with Crippen molar-refractivity contribution >= 4 is 25.8 Å². The first-order valence-corrected chi connectivity index (χ1v) is 6.02. The quantitative estimate of drug-likeness (QED) is 0.713. The van der Waals surface area contributed by atoms with Crippen LogP contribution >= 0.6 is 10.7 Å². The van der Waals surface area contributed by atoms with Crippen LogP contribution in [0.15, 0.2) is 35.2 Å². The second kappa shape index (κ2) is 3.94. The number of rotatable bonds is 2. The molecule has 1 rings (SSSR count). The van der Waals surface area contributed by atoms with Gasteiger partial charge < -0.3 is 0 Å². The van der Waals surface area contributed by atoms with Gasteiger partial charge in [-0.3, -0.25) is 0 Å². The van der Waals surface area contributed by atoms with Gasteiger partial charge in [0, 0.05) is 10.7 Å². The summed E-state index contributed by atoms with van der Waals surface area (Å²) in [5.74, 6) is 0. The van der Waals surface area contributed by atoms with Crippen molar-refractivity contribution in [2.75, 3.05) is 0 Å². The van der Waals surface area contributed by atoms with Crippen molar-refractivity contribution < 1.29 is 8.42 Å². The average Bonchev–Trinajstić information content (AvgIpc) is 2.04. The molecule has 0 unspecified atom stereocenters. The Hall–Kier alpha value is -0.800. The third kappa shape index (κ3) is 2.86. The Balaban J connectivity index is 3.08. The standard InChI is InChI=1S/C9H9ClO2S/c1-2-3-8-4-6-9(7-5-8)13(10,11)12/h2-7H,1H3. The van der Waals surface area contributed by atoms with Gasteiger partial charge >= 0.3 is 0 Å². The Labute approximate surface area is 82.3 Å². The summed E-state index contributed by atoms with van der Waals surface area (Å²) >= 11 is 0. The van der Waals surface area contributed by atoms with Crippen LogP contribution in [-0.2, 0) is 9.05 Å². The number of halogens is 1. The molecule has 0 spiro atoms. The minimum absolute atomic E-state index is 0.127. The summed E-state index contributed by atoms with van der Waals surface area (Å²) in [6.07, 6.45) is 3.76. The van der Waals surface area contributed by atoms with Crippen molar-refractivity contribution in [3.8, 4) is 0 Å². The van der Waals surface area contributed by atoms with Crippen molar-refractivity contribution in [2.45, 2.75) is 11.8 Å². The SMILES string of the molecule is CC=Cc1ccc(S(=O)(=O)Cl)cc1. The third-order valence-corrected chi connectivity index (χ3v) is 2.89. The van der Waals surface area contributed by atoms with Crippen molar-refractivity contribution in [1.29, 1.82) is 0 Å². The molecule has 0 saturated heterocycles. The summed E-state index contributed by atoms with van der Waals surface area (Å²) < 4.78 is 21.7. The minimum atomic E-state index is -3.59. The number of hydrogen-bond acceptors (Lipinski definition) is 2. The van der Waals surface area contributed by atoms with Crippen molar-refractivity contribution in [2.24, 2.45) is 0 Å². The molecule has 0 fully saturated rings. The second-order valence-electron chi connectivity index (χ2n) is 2.51. The maximum atomic E-state index is 10.8. The van der Waals surface area contributed by atoms with E-state index in [9.17, 15) is 8.42 Å². The smallest absolute Gasteiger partial charge is 0.207 e. The Kier molecular flexibility index (Phi) is 3.12. The van der Waals surface area contributed by atoms with Crippen LogP contribution in [0.3, 0.4) is 0 Å². The summed E-state index contributed by atoms with van der Waals surface area (Å²) in [6, 6.07) is 6.37. The highest BCUT2D eigenvalue weighted by atomic mass is 35.7. The zero-order valence-corrected chi connectivity index (χ0v) is 8.64. The van der Waals surface area contributed by atoms with Crippen LogP contribution in [0.2, 0.25) is 0 Å². The van der Waals surface area contributed by atoms with E-state index < -0.39 is 9.05 Å². The number of hydrogen-bond donors (Lipinski definition) is 0. The molecule has 0 N–H and O–H groups in total. The van der Waals surface area contributed by atoms with Gasteiger partial charge in [-0.25, -0.2) is 8.42 Å². The van der Waals surface area contributed by atoms with Crippen molar-refractivity contribution in [3.63, 3.8) is 0 Å². The first-order chi connectivity index (χ1) is 6.04. The van der Waals surface area contributed by atoms with E-state index in [1.54, 1.807) is 12.1 Å². The van der Waals surface area contributed by atoms with Gasteiger partial charge in [-0.1, -0.05) is 24.3 Å². The Morgan fingerprint density at radius 3 is 2.15 bits per heavy atom. The molecular formula is C9H9ClO2S. The fourth-order valence-electron chi connectivity index (χ4n) is 0.934. The Morgan fingerprint density at radius 2 is 1.77 bits per heavy atom. The van der Waals surface area contributed by atoms with E-state index in [-0.39, 0.29) is 4.90 Å². The molecule has 4 heteroatoms. The monoisotopic (exact) mass is 216 g/mol. The lowest BCUT2D eigenvalue weighted by Crippen LogP contribution is -1.89. The molecule has 0 amide bonds. The predicted molar refractivity (Wildman–Crippen MR) is 54.2 cm³/mol. The first kappa shape index (κ1) is 10.3. The third-order valence-electron chi connectivity index (χ3n) is 1.52. The van der Waals surface area contributed by atoms with Crippen LogP contribution in [0.25, 0.3) is 6.08 Å². The van der Waals surface area contributed by atoms with Crippen molar-refractivity contribution in [1.82, 2.24) is 0 Å². The molecule has 13 heavy (non-hydrogen) atoms. The lowest BCUT2D eigenvalue weighted by Gasteiger charge is -1.96. The highest BCUT2D eigenvalue weighted by Gasteiger charge is 2.07. The molecule has 0 aliphatic rings. The van der Waals surface area contributed by atoms with Gasteiger partial charge in [-0.15, -0.1) is 0 Å². The molecule has 70 valence electrons. The van der Waals surface area contributed by atoms with E-state index in [0.717, 1.165) is 5.56 Å². The second-order valence-corrected chi connectivity index (χ2v) is 5.07. The van der Waals surface area contributed by atoms with Crippen LogP contribution in [0, 0.1) is 0 Å². The highest BCUT2D eigenvalue weighted by Crippen LogP contribution is 2.15. The van der Waals surface area contributed by atoms with Crippen LogP contribution in [-0.4, -0.2) is 8.42 Å². The molecule has 0 aliphatic heterocycles. The molecule has 0 saturated carbocycles. The number of benzene rings is 1. The topological polar surface area (TPSA) is 34.1 Å². The van der Waals surface area contributed by atoms with Crippen LogP contribution in [0.1, 0.15) is 12.5 Å². The van der Waals surface area contributed by atoms with Gasteiger partial charge in [0.25, 0.3) is 9.05 Å². The molecule has 1 aromatic rings. The molecule has 0 aliphatic carbocycles. The molecule has 0 atom stereocenters. The van der Waals surface area contributed by atoms with E-state index in [1.807, 2.05) is 19.1 Å². The fourth-order valence-corrected chi connectivity index (χ4v) is 1.70. The van der Waals surface area contributed by atoms with Crippen LogP contribution in [0.4, 0.5) is 0 Å². The largest absolute Gasteiger partial charge is 0.261 e. The predicted octanol–water partition coefficient (Wildman–Crippen LogP) is 2.65. The minimum Gasteiger partial charge on any atom is -0.207 e. The molecule has 0 bridgehead atoms. The van der Waals surface area contributed by atoms with Gasteiger partial charge in [0.1, 0.15) is 0 Å². The van der Waals surface area contributed by atoms with Gasteiger partial charge in [-0.2, -0.15) is 0 Å². The summed E-state index contributed by atoms with van der Waals surface area (Å²) in [5.41, 5.74) is 0.951. The molecular weight excluding hydrogens is 208 g/mol. The maximum Gasteiger partial charge on any atom is 0.261 e. The first-order valence-electron chi connectivity index (χ1n) is 3.71. The lowest BCUT2D eigenvalue weighted by molar-refractivity contribution is 0.609. The van der Waals surface area contributed by atoms with Crippen molar-refractivity contribution in [3.05, 3.63) is 35.9 Å². The summed E-state index contributed by atoms with van der Waals surface area (Å²) in [7, 11) is 1.56. The van der Waals surface area contributed by atoms with E-state index in [2.05, 4.69) is 0 Å². The average molecular weight is 217 g/mol. The Bertz CT molecular complexity index is 404. The molecule has 0 heterocycles. The molecule has 2 nitrogen and oxygen atoms in total. The van der Waals surface area contributed by atoms with Gasteiger partial charge in [-0.05, 0) is 24.6 Å². The summed E-state index contributed by atoms with van der Waals surface area (Å²) in [5, 5.41) is 0. The Morgan fingerprint density at radius 1 is 1.23 bits per heavy atom. The van der Waals surface area contributed by atoms with E-state index in [1.165, 1.54) is 12.1 Å². The highest BCUT2D eigenvalue weighted by molar-refractivity contribution is 8.13. The van der Waals surface area contributed by atoms with Crippen LogP contribution in [0.5, 0.6) is 0 Å². The molecule has 0 aromatic heterocycles. The van der Waals surface area contributed by atoms with E-state index in [0.29, 0.717) is 0 Å². The summed E-state index contributed by atoms with van der Waals surface area (Å²) in [6.45, 7) is 1.90. The molecule has 1 aromatic carbocycles. The lowest BCUT2D eigenvalue weighted by atomic mass is 10.2. The van der Waals surface area contributed by atoms with E-state index in [4.69, 9.17) is 10.7 Å². The fraction of sp³-hybridized carbons (Fsp3) is 0.111. The molecule has 0 radical (unpaired) electrons. The zero-order valence-electron chi connectivity index (χ0n) is 7.07. The maximum absolute atomic E-state index is 10.8. The van der Waals surface area contributed by atoms with E-state index >= 15 is 0 Å². The van der Waals surface area contributed by atoms with Gasteiger partial charge in [0.15, 0.2) is 0 Å². The van der Waals surface area contributed by atoms with Gasteiger partial charge in [0.05, 0.1) is 4.90 Å². The number of allylic oxidation sites excluding steroid dienone is 1. The zero-order chi connectivity index (χ0) is 9.90.